The van der Waals surface area contributed by atoms with Gasteiger partial charge < -0.3 is 11.1 Å². The lowest BCUT2D eigenvalue weighted by Crippen LogP contribution is -2.12. The highest BCUT2D eigenvalue weighted by Gasteiger charge is 2.16. The molecule has 3 aromatic heterocycles. The van der Waals surface area contributed by atoms with Gasteiger partial charge >= 0.3 is 0 Å². The van der Waals surface area contributed by atoms with Crippen LogP contribution in [0.5, 0.6) is 0 Å². The third-order valence-electron chi connectivity index (χ3n) is 2.91. The molecule has 0 radical (unpaired) electrons. The molecule has 0 bridgehead atoms. The van der Waals surface area contributed by atoms with Crippen LogP contribution in [-0.2, 0) is 0 Å². The van der Waals surface area contributed by atoms with Crippen LogP contribution in [0.15, 0.2) is 36.8 Å². The Hall–Kier alpha value is -2.47. The number of rotatable bonds is 2. The summed E-state index contributed by atoms with van der Waals surface area (Å²) >= 11 is 1.33. The number of nitrogens with one attached hydrogen (secondary N) is 1. The summed E-state index contributed by atoms with van der Waals surface area (Å²) in [5.74, 6) is -0.227. The lowest BCUT2D eigenvalue weighted by atomic mass is 10.2. The zero-order chi connectivity index (χ0) is 14.1. The first-order valence-electron chi connectivity index (χ1n) is 6.01. The van der Waals surface area contributed by atoms with Crippen LogP contribution in [-0.4, -0.2) is 15.9 Å². The number of hydrogen-bond acceptors (Lipinski definition) is 5. The number of nitrogens with two attached hydrogens (primary N) is 1. The maximum absolute atomic E-state index is 12.3. The quantitative estimate of drug-likeness (QED) is 0.758. The number of carbonyl (C=O) groups excluding carboxylic acids is 1. The molecule has 0 saturated carbocycles. The fourth-order valence-corrected chi connectivity index (χ4v) is 2.85. The summed E-state index contributed by atoms with van der Waals surface area (Å²) in [6, 6.07) is 5.46. The molecule has 3 rings (SSSR count). The number of aromatic nitrogens is 2. The van der Waals surface area contributed by atoms with Gasteiger partial charge in [0.25, 0.3) is 5.91 Å². The Morgan fingerprint density at radius 2 is 2.15 bits per heavy atom. The lowest BCUT2D eigenvalue weighted by molar-refractivity contribution is 0.103. The molecule has 5 nitrogen and oxygen atoms in total. The van der Waals surface area contributed by atoms with Crippen molar-refractivity contribution in [1.82, 2.24) is 9.97 Å². The Balaban J connectivity index is 1.92. The third-order valence-corrected chi connectivity index (χ3v) is 4.06. The van der Waals surface area contributed by atoms with E-state index >= 15 is 0 Å². The van der Waals surface area contributed by atoms with E-state index in [0.29, 0.717) is 16.3 Å². The number of carbonyl (C=O) groups is 1. The molecule has 0 spiro atoms. The second-order valence-corrected chi connectivity index (χ2v) is 5.41. The second-order valence-electron chi connectivity index (χ2n) is 4.36. The topological polar surface area (TPSA) is 80.9 Å². The van der Waals surface area contributed by atoms with Crippen molar-refractivity contribution in [2.75, 3.05) is 11.1 Å². The van der Waals surface area contributed by atoms with Crippen molar-refractivity contribution in [1.29, 1.82) is 0 Å². The standard InChI is InChI=1S/C14H12N4OS/c1-8-2-3-9(6-17-8)18-14(19)13-12(15)10-4-5-16-7-11(10)20-13/h2-7H,15H2,1H3,(H,18,19). The molecule has 0 atom stereocenters. The number of fused-ring (bicyclic) bond motifs is 1. The number of anilines is 2. The number of pyridine rings is 2. The molecule has 3 heterocycles. The highest BCUT2D eigenvalue weighted by molar-refractivity contribution is 7.21. The van der Waals surface area contributed by atoms with Crippen LogP contribution < -0.4 is 11.1 Å². The normalized spacial score (nSPS) is 10.7. The van der Waals surface area contributed by atoms with E-state index in [-0.39, 0.29) is 5.91 Å². The number of nitrogen functional groups attached to an aromatic ring is 1. The van der Waals surface area contributed by atoms with Crippen molar-refractivity contribution in [3.8, 4) is 0 Å². The van der Waals surface area contributed by atoms with Crippen molar-refractivity contribution in [2.24, 2.45) is 0 Å². The number of thiophene rings is 1. The summed E-state index contributed by atoms with van der Waals surface area (Å²) < 4.78 is 0.900. The van der Waals surface area contributed by atoms with Gasteiger partial charge in [0.15, 0.2) is 0 Å². The van der Waals surface area contributed by atoms with Gasteiger partial charge in [0.2, 0.25) is 0 Å². The Kier molecular flexibility index (Phi) is 3.08. The van der Waals surface area contributed by atoms with Crippen molar-refractivity contribution in [2.45, 2.75) is 6.92 Å². The molecular weight excluding hydrogens is 272 g/mol. The van der Waals surface area contributed by atoms with Gasteiger partial charge in [0, 0.05) is 23.5 Å². The van der Waals surface area contributed by atoms with Gasteiger partial charge in [-0.15, -0.1) is 11.3 Å². The second kappa shape index (κ2) is 4.90. The first-order valence-corrected chi connectivity index (χ1v) is 6.83. The summed E-state index contributed by atoms with van der Waals surface area (Å²) in [5, 5.41) is 3.65. The van der Waals surface area contributed by atoms with E-state index in [1.807, 2.05) is 25.1 Å². The summed E-state index contributed by atoms with van der Waals surface area (Å²) in [5.41, 5.74) is 8.06. The average molecular weight is 284 g/mol. The van der Waals surface area contributed by atoms with Crippen molar-refractivity contribution in [3.63, 3.8) is 0 Å². The largest absolute Gasteiger partial charge is 0.397 e. The summed E-state index contributed by atoms with van der Waals surface area (Å²) in [4.78, 5) is 20.9. The van der Waals surface area contributed by atoms with Crippen LogP contribution >= 0.6 is 11.3 Å². The minimum Gasteiger partial charge on any atom is -0.397 e. The van der Waals surface area contributed by atoms with E-state index in [0.717, 1.165) is 15.8 Å². The zero-order valence-corrected chi connectivity index (χ0v) is 11.6. The van der Waals surface area contributed by atoms with E-state index in [2.05, 4.69) is 15.3 Å². The maximum Gasteiger partial charge on any atom is 0.267 e. The van der Waals surface area contributed by atoms with Crippen LogP contribution in [0.2, 0.25) is 0 Å². The van der Waals surface area contributed by atoms with E-state index < -0.39 is 0 Å². The maximum atomic E-state index is 12.3. The summed E-state index contributed by atoms with van der Waals surface area (Å²) in [6.07, 6.45) is 5.00. The van der Waals surface area contributed by atoms with Crippen LogP contribution in [0.1, 0.15) is 15.4 Å². The molecule has 100 valence electrons. The third kappa shape index (κ3) is 2.21. The number of amides is 1. The molecule has 20 heavy (non-hydrogen) atoms. The van der Waals surface area contributed by atoms with Crippen molar-refractivity contribution in [3.05, 3.63) is 47.4 Å². The summed E-state index contributed by atoms with van der Waals surface area (Å²) in [6.45, 7) is 1.89. The summed E-state index contributed by atoms with van der Waals surface area (Å²) in [7, 11) is 0. The number of hydrogen-bond donors (Lipinski definition) is 2. The Morgan fingerprint density at radius 1 is 1.30 bits per heavy atom. The van der Waals surface area contributed by atoms with Crippen LogP contribution in [0.4, 0.5) is 11.4 Å². The molecule has 0 aliphatic heterocycles. The monoisotopic (exact) mass is 284 g/mol. The molecule has 0 unspecified atom stereocenters. The molecule has 0 aliphatic rings. The minimum absolute atomic E-state index is 0.227. The fraction of sp³-hybridized carbons (Fsp3) is 0.0714. The van der Waals surface area contributed by atoms with Gasteiger partial charge in [0.1, 0.15) is 4.88 Å². The van der Waals surface area contributed by atoms with Gasteiger partial charge in [0.05, 0.1) is 22.3 Å². The van der Waals surface area contributed by atoms with Gasteiger partial charge in [-0.1, -0.05) is 0 Å². The fourth-order valence-electron chi connectivity index (χ4n) is 1.87. The molecule has 3 N–H and O–H groups in total. The van der Waals surface area contributed by atoms with Gasteiger partial charge in [-0.05, 0) is 25.1 Å². The number of nitrogens with zero attached hydrogens (tertiary/aromatic N) is 2. The first-order chi connectivity index (χ1) is 9.65. The van der Waals surface area contributed by atoms with Gasteiger partial charge in [-0.3, -0.25) is 14.8 Å². The predicted molar refractivity (Wildman–Crippen MR) is 81.0 cm³/mol. The molecule has 6 heteroatoms. The molecule has 1 amide bonds. The van der Waals surface area contributed by atoms with Crippen molar-refractivity contribution < 1.29 is 4.79 Å². The zero-order valence-electron chi connectivity index (χ0n) is 10.8. The van der Waals surface area contributed by atoms with Gasteiger partial charge in [-0.25, -0.2) is 0 Å². The first kappa shape index (κ1) is 12.6. The Bertz CT molecular complexity index is 779. The van der Waals surface area contributed by atoms with Crippen LogP contribution in [0.3, 0.4) is 0 Å². The molecule has 0 aliphatic carbocycles. The smallest absolute Gasteiger partial charge is 0.267 e. The van der Waals surface area contributed by atoms with E-state index in [1.54, 1.807) is 18.6 Å². The Labute approximate surface area is 119 Å². The SMILES string of the molecule is Cc1ccc(NC(=O)c2sc3cnccc3c2N)cn1. The highest BCUT2D eigenvalue weighted by atomic mass is 32.1. The van der Waals surface area contributed by atoms with Crippen LogP contribution in [0, 0.1) is 6.92 Å². The van der Waals surface area contributed by atoms with E-state index in [9.17, 15) is 4.79 Å². The lowest BCUT2D eigenvalue weighted by Gasteiger charge is -2.04. The molecule has 0 fully saturated rings. The Morgan fingerprint density at radius 3 is 2.85 bits per heavy atom. The van der Waals surface area contributed by atoms with Gasteiger partial charge in [-0.2, -0.15) is 0 Å². The predicted octanol–water partition coefficient (Wildman–Crippen LogP) is 2.83. The number of aryl methyl sites for hydroxylation is 1. The molecule has 0 aromatic carbocycles. The highest BCUT2D eigenvalue weighted by Crippen LogP contribution is 2.33. The van der Waals surface area contributed by atoms with Crippen molar-refractivity contribution >= 4 is 38.7 Å². The minimum atomic E-state index is -0.227. The molecular formula is C14H12N4OS. The molecule has 0 saturated heterocycles. The van der Waals surface area contributed by atoms with Crippen LogP contribution in [0.25, 0.3) is 10.1 Å². The van der Waals surface area contributed by atoms with E-state index in [4.69, 9.17) is 5.73 Å². The average Bonchev–Trinajstić information content (AvgIpc) is 2.79. The molecule has 3 aromatic rings. The van der Waals surface area contributed by atoms with E-state index in [1.165, 1.54) is 11.3 Å².